The number of hydrogen-bond acceptors (Lipinski definition) is 6. The maximum atomic E-state index is 12.8. The second kappa shape index (κ2) is 68.1. The molecule has 6 heteroatoms. The number of allylic oxidation sites excluding steroid dienone is 22. The van der Waals surface area contributed by atoms with Crippen molar-refractivity contribution in [3.8, 4) is 0 Å². The second-order valence-electron chi connectivity index (χ2n) is 22.0. The highest BCUT2D eigenvalue weighted by Crippen LogP contribution is 2.17. The molecule has 0 aromatic heterocycles. The van der Waals surface area contributed by atoms with E-state index in [0.717, 1.165) is 128 Å². The molecule has 0 spiro atoms. The van der Waals surface area contributed by atoms with Gasteiger partial charge in [-0.1, -0.05) is 309 Å². The van der Waals surface area contributed by atoms with Crippen LogP contribution in [0.4, 0.5) is 0 Å². The minimum Gasteiger partial charge on any atom is -0.462 e. The van der Waals surface area contributed by atoms with Crippen molar-refractivity contribution >= 4 is 17.9 Å². The van der Waals surface area contributed by atoms with Crippen molar-refractivity contribution in [2.45, 2.75) is 309 Å². The van der Waals surface area contributed by atoms with Gasteiger partial charge in [0, 0.05) is 19.3 Å². The molecule has 1 atom stereocenters. The van der Waals surface area contributed by atoms with Crippen molar-refractivity contribution in [2.24, 2.45) is 0 Å². The van der Waals surface area contributed by atoms with E-state index in [1.807, 2.05) is 0 Å². The number of unbranched alkanes of at least 4 members (excludes halogenated alkanes) is 27. The number of rotatable bonds is 60. The average Bonchev–Trinajstić information content (AvgIpc) is 3.47. The normalized spacial score (nSPS) is 13.0. The van der Waals surface area contributed by atoms with Crippen LogP contribution in [0.1, 0.15) is 303 Å². The fourth-order valence-corrected chi connectivity index (χ4v) is 9.19. The molecule has 460 valence electrons. The average molecular weight is 1120 g/mol. The molecule has 0 bridgehead atoms. The van der Waals surface area contributed by atoms with Crippen LogP contribution in [0.25, 0.3) is 0 Å². The summed E-state index contributed by atoms with van der Waals surface area (Å²) in [6.45, 7) is 6.29. The number of carbonyl (C=O) groups is 3. The van der Waals surface area contributed by atoms with Gasteiger partial charge in [0.2, 0.25) is 0 Å². The first-order valence-electron chi connectivity index (χ1n) is 33.7. The lowest BCUT2D eigenvalue weighted by atomic mass is 10.0. The van der Waals surface area contributed by atoms with Gasteiger partial charge in [0.25, 0.3) is 0 Å². The number of carbonyl (C=O) groups excluding carboxylic acids is 3. The lowest BCUT2D eigenvalue weighted by Gasteiger charge is -2.18. The Labute approximate surface area is 500 Å². The summed E-state index contributed by atoms with van der Waals surface area (Å²) >= 11 is 0. The Balaban J connectivity index is 4.01. The van der Waals surface area contributed by atoms with Crippen LogP contribution < -0.4 is 0 Å². The Hall–Kier alpha value is -4.45. The Morgan fingerprint density at radius 2 is 0.494 bits per heavy atom. The quantitative estimate of drug-likeness (QED) is 0.0261. The SMILES string of the molecule is CC/C=C\C/C=C\C/C=C\C/C=C\C/C=C\C/C=C\C/C=C\CCCC(=O)OC(COC(=O)CCCCCCC)COC(=O)CCCCCCCCCCCCCCCCCCCCCCCC/C=C\C/C=C\C/C=C\C/C=C\CC. The van der Waals surface area contributed by atoms with Crippen LogP contribution in [-0.2, 0) is 28.6 Å². The molecule has 0 radical (unpaired) electrons. The van der Waals surface area contributed by atoms with Crippen molar-refractivity contribution in [1.29, 1.82) is 0 Å². The van der Waals surface area contributed by atoms with Gasteiger partial charge in [-0.3, -0.25) is 14.4 Å². The van der Waals surface area contributed by atoms with Gasteiger partial charge in [0.15, 0.2) is 6.10 Å². The number of esters is 3. The van der Waals surface area contributed by atoms with Crippen LogP contribution in [0.15, 0.2) is 134 Å². The molecule has 0 saturated carbocycles. The van der Waals surface area contributed by atoms with Crippen molar-refractivity contribution in [3.05, 3.63) is 134 Å². The monoisotopic (exact) mass is 1120 g/mol. The standard InChI is InChI=1S/C75H124O6/c1-4-7-10-13-15-17-19-21-23-25-27-29-31-32-33-34-35-36-37-38-39-40-41-42-44-45-47-49-51-53-55-57-59-62-65-68-74(77)80-71-72(70-79-73(76)67-64-61-12-9-6-3)81-75(78)69-66-63-60-58-56-54-52-50-48-46-43-30-28-26-24-22-20-18-16-14-11-8-5-2/h7-8,10-11,15-18,21-24,27-30,46,48,52,54,58,60,72H,4-6,9,12-14,19-20,25-26,31-45,47,49-51,53,55-57,59,61-71H2,1-3H3/b10-7-,11-8-,17-15-,18-16-,23-21-,24-22-,29-27-,30-28-,48-46-,54-52-,60-58-. The Kier molecular flexibility index (Phi) is 64.3. The molecule has 0 aromatic rings. The van der Waals surface area contributed by atoms with E-state index in [1.54, 1.807) is 0 Å². The third-order valence-electron chi connectivity index (χ3n) is 14.2. The molecular weight excluding hydrogens is 997 g/mol. The summed E-state index contributed by atoms with van der Waals surface area (Å²) in [7, 11) is 0. The van der Waals surface area contributed by atoms with Gasteiger partial charge in [0.1, 0.15) is 13.2 Å². The van der Waals surface area contributed by atoms with Crippen LogP contribution in [0.2, 0.25) is 0 Å². The van der Waals surface area contributed by atoms with Gasteiger partial charge in [0.05, 0.1) is 0 Å². The summed E-state index contributed by atoms with van der Waals surface area (Å²) in [5, 5.41) is 0. The maximum absolute atomic E-state index is 12.8. The van der Waals surface area contributed by atoms with Gasteiger partial charge < -0.3 is 14.2 Å². The zero-order valence-electron chi connectivity index (χ0n) is 52.8. The predicted molar refractivity (Wildman–Crippen MR) is 353 cm³/mol. The first-order valence-corrected chi connectivity index (χ1v) is 33.7. The summed E-state index contributed by atoms with van der Waals surface area (Å²) in [6, 6.07) is 0. The molecular formula is C75H124O6. The minimum atomic E-state index is -0.807. The summed E-state index contributed by atoms with van der Waals surface area (Å²) < 4.78 is 16.7. The van der Waals surface area contributed by atoms with Crippen molar-refractivity contribution in [2.75, 3.05) is 13.2 Å². The van der Waals surface area contributed by atoms with Crippen LogP contribution in [0.3, 0.4) is 0 Å². The zero-order chi connectivity index (χ0) is 58.5. The van der Waals surface area contributed by atoms with Gasteiger partial charge in [-0.25, -0.2) is 0 Å². The highest BCUT2D eigenvalue weighted by molar-refractivity contribution is 5.71. The highest BCUT2D eigenvalue weighted by Gasteiger charge is 2.19. The summed E-state index contributed by atoms with van der Waals surface area (Å²) in [5.74, 6) is -0.971. The Morgan fingerprint density at radius 1 is 0.259 bits per heavy atom. The molecule has 6 nitrogen and oxygen atoms in total. The van der Waals surface area contributed by atoms with Crippen molar-refractivity contribution in [1.82, 2.24) is 0 Å². The molecule has 0 aromatic carbocycles. The molecule has 0 aliphatic heterocycles. The molecule has 0 fully saturated rings. The Bertz CT molecular complexity index is 1720. The molecule has 0 N–H and O–H groups in total. The Morgan fingerprint density at radius 3 is 0.790 bits per heavy atom. The molecule has 81 heavy (non-hydrogen) atoms. The summed E-state index contributed by atoms with van der Waals surface area (Å²) in [6.07, 6.45) is 96.9. The van der Waals surface area contributed by atoms with Crippen LogP contribution in [-0.4, -0.2) is 37.2 Å². The molecule has 0 amide bonds. The van der Waals surface area contributed by atoms with Crippen LogP contribution in [0, 0.1) is 0 Å². The first kappa shape index (κ1) is 76.5. The topological polar surface area (TPSA) is 78.9 Å². The van der Waals surface area contributed by atoms with Crippen LogP contribution in [0.5, 0.6) is 0 Å². The van der Waals surface area contributed by atoms with E-state index in [-0.39, 0.29) is 37.5 Å². The van der Waals surface area contributed by atoms with E-state index in [0.29, 0.717) is 19.3 Å². The largest absolute Gasteiger partial charge is 0.462 e. The van der Waals surface area contributed by atoms with E-state index in [4.69, 9.17) is 14.2 Å². The van der Waals surface area contributed by atoms with E-state index < -0.39 is 6.10 Å². The van der Waals surface area contributed by atoms with Gasteiger partial charge in [-0.15, -0.1) is 0 Å². The van der Waals surface area contributed by atoms with Crippen molar-refractivity contribution in [3.63, 3.8) is 0 Å². The summed E-state index contributed by atoms with van der Waals surface area (Å²) in [4.78, 5) is 37.9. The molecule has 0 saturated heterocycles. The number of ether oxygens (including phenoxy) is 3. The molecule has 0 aliphatic carbocycles. The lowest BCUT2D eigenvalue weighted by molar-refractivity contribution is -0.167. The molecule has 0 aliphatic rings. The second-order valence-corrected chi connectivity index (χ2v) is 22.0. The van der Waals surface area contributed by atoms with Gasteiger partial charge in [-0.05, 0) is 109 Å². The maximum Gasteiger partial charge on any atom is 0.306 e. The minimum absolute atomic E-state index is 0.101. The molecule has 1 unspecified atom stereocenters. The highest BCUT2D eigenvalue weighted by atomic mass is 16.6. The van der Waals surface area contributed by atoms with E-state index >= 15 is 0 Å². The molecule has 0 heterocycles. The zero-order valence-corrected chi connectivity index (χ0v) is 52.8. The van der Waals surface area contributed by atoms with Crippen molar-refractivity contribution < 1.29 is 28.6 Å². The summed E-state index contributed by atoms with van der Waals surface area (Å²) in [5.41, 5.74) is 0. The van der Waals surface area contributed by atoms with Crippen LogP contribution >= 0.6 is 0 Å². The third-order valence-corrected chi connectivity index (χ3v) is 14.2. The van der Waals surface area contributed by atoms with Gasteiger partial charge >= 0.3 is 17.9 Å². The first-order chi connectivity index (χ1) is 40.0. The fourth-order valence-electron chi connectivity index (χ4n) is 9.19. The predicted octanol–water partition coefficient (Wildman–Crippen LogP) is 23.3. The smallest absolute Gasteiger partial charge is 0.306 e. The van der Waals surface area contributed by atoms with Gasteiger partial charge in [-0.2, -0.15) is 0 Å². The van der Waals surface area contributed by atoms with E-state index in [1.165, 1.54) is 128 Å². The molecule has 0 rings (SSSR count). The van der Waals surface area contributed by atoms with E-state index in [2.05, 4.69) is 154 Å². The number of hydrogen-bond donors (Lipinski definition) is 0. The lowest BCUT2D eigenvalue weighted by Crippen LogP contribution is -2.30. The fraction of sp³-hybridized carbons (Fsp3) is 0.667. The van der Waals surface area contributed by atoms with E-state index in [9.17, 15) is 14.4 Å². The third kappa shape index (κ3) is 66.2.